The molecule has 2 aromatic carbocycles. The smallest absolute Gasteiger partial charge is 0.127 e. The summed E-state index contributed by atoms with van der Waals surface area (Å²) in [5.74, 6) is 0.873. The van der Waals surface area contributed by atoms with Gasteiger partial charge in [-0.25, -0.2) is 0 Å². The maximum Gasteiger partial charge on any atom is 0.127 e. The first-order valence-corrected chi connectivity index (χ1v) is 6.68. The zero-order valence-electron chi connectivity index (χ0n) is 11.3. The van der Waals surface area contributed by atoms with E-state index in [9.17, 15) is 0 Å². The van der Waals surface area contributed by atoms with E-state index in [1.807, 2.05) is 62.6 Å². The minimum absolute atomic E-state index is 0.661. The maximum absolute atomic E-state index is 6.25. The summed E-state index contributed by atoms with van der Waals surface area (Å²) < 4.78 is 5.86. The standard InChI is InChI=1S/C16H18ClNO/c1-18(2)11-12-19-16-10-6-4-8-14(16)13-7-3-5-9-15(13)17/h3-10H,11-12H2,1-2H3. The van der Waals surface area contributed by atoms with Crippen LogP contribution < -0.4 is 4.74 Å². The fraction of sp³-hybridized carbons (Fsp3) is 0.250. The van der Waals surface area contributed by atoms with Crippen LogP contribution in [0.5, 0.6) is 5.75 Å². The van der Waals surface area contributed by atoms with E-state index < -0.39 is 0 Å². The van der Waals surface area contributed by atoms with Gasteiger partial charge in [0.25, 0.3) is 0 Å². The van der Waals surface area contributed by atoms with Crippen molar-refractivity contribution in [1.29, 1.82) is 0 Å². The van der Waals surface area contributed by atoms with Gasteiger partial charge in [0, 0.05) is 22.7 Å². The molecule has 0 amide bonds. The highest BCUT2D eigenvalue weighted by Crippen LogP contribution is 2.34. The first-order chi connectivity index (χ1) is 9.18. The van der Waals surface area contributed by atoms with Crippen molar-refractivity contribution in [3.05, 3.63) is 53.6 Å². The SMILES string of the molecule is CN(C)CCOc1ccccc1-c1ccccc1Cl. The van der Waals surface area contributed by atoms with Gasteiger partial charge in [0.1, 0.15) is 12.4 Å². The maximum atomic E-state index is 6.25. The molecule has 0 fully saturated rings. The largest absolute Gasteiger partial charge is 0.492 e. The Kier molecular flexibility index (Phi) is 4.83. The van der Waals surface area contributed by atoms with E-state index >= 15 is 0 Å². The third-order valence-electron chi connectivity index (χ3n) is 2.85. The Morgan fingerprint density at radius 1 is 0.947 bits per heavy atom. The Bertz CT molecular complexity index is 540. The van der Waals surface area contributed by atoms with Crippen LogP contribution in [0.25, 0.3) is 11.1 Å². The van der Waals surface area contributed by atoms with Crippen molar-refractivity contribution in [3.8, 4) is 16.9 Å². The van der Waals surface area contributed by atoms with Gasteiger partial charge >= 0.3 is 0 Å². The summed E-state index contributed by atoms with van der Waals surface area (Å²) in [7, 11) is 4.06. The first-order valence-electron chi connectivity index (χ1n) is 6.30. The Hall–Kier alpha value is -1.51. The Labute approximate surface area is 119 Å². The zero-order chi connectivity index (χ0) is 13.7. The summed E-state index contributed by atoms with van der Waals surface area (Å²) >= 11 is 6.25. The van der Waals surface area contributed by atoms with Gasteiger partial charge in [0.05, 0.1) is 0 Å². The van der Waals surface area contributed by atoms with Gasteiger partial charge in [-0.1, -0.05) is 48.0 Å². The quantitative estimate of drug-likeness (QED) is 0.819. The molecule has 100 valence electrons. The molecule has 0 saturated heterocycles. The van der Waals surface area contributed by atoms with E-state index in [-0.39, 0.29) is 0 Å². The van der Waals surface area contributed by atoms with Crippen molar-refractivity contribution in [2.75, 3.05) is 27.2 Å². The second-order valence-corrected chi connectivity index (χ2v) is 5.03. The molecule has 2 nitrogen and oxygen atoms in total. The first kappa shape index (κ1) is 13.9. The highest BCUT2D eigenvalue weighted by atomic mass is 35.5. The van der Waals surface area contributed by atoms with E-state index in [1.54, 1.807) is 0 Å². The van der Waals surface area contributed by atoms with Crippen LogP contribution in [0.4, 0.5) is 0 Å². The lowest BCUT2D eigenvalue weighted by Gasteiger charge is -2.14. The highest BCUT2D eigenvalue weighted by molar-refractivity contribution is 6.33. The van der Waals surface area contributed by atoms with Gasteiger partial charge < -0.3 is 9.64 Å². The van der Waals surface area contributed by atoms with E-state index in [4.69, 9.17) is 16.3 Å². The molecule has 0 radical (unpaired) electrons. The summed E-state index contributed by atoms with van der Waals surface area (Å²) in [6.07, 6.45) is 0. The van der Waals surface area contributed by atoms with E-state index in [1.165, 1.54) is 0 Å². The molecule has 3 heteroatoms. The summed E-state index contributed by atoms with van der Waals surface area (Å²) in [6, 6.07) is 15.8. The fourth-order valence-electron chi connectivity index (χ4n) is 1.83. The van der Waals surface area contributed by atoms with Crippen LogP contribution in [0.15, 0.2) is 48.5 Å². The normalized spacial score (nSPS) is 10.7. The predicted molar refractivity (Wildman–Crippen MR) is 80.9 cm³/mol. The van der Waals surface area contributed by atoms with E-state index in [0.717, 1.165) is 28.4 Å². The number of benzene rings is 2. The number of rotatable bonds is 5. The van der Waals surface area contributed by atoms with E-state index in [2.05, 4.69) is 4.90 Å². The average Bonchev–Trinajstić information content (AvgIpc) is 2.40. The summed E-state index contributed by atoms with van der Waals surface area (Å²) in [5.41, 5.74) is 2.04. The van der Waals surface area contributed by atoms with Crippen molar-refractivity contribution >= 4 is 11.6 Å². The van der Waals surface area contributed by atoms with Crippen molar-refractivity contribution in [2.45, 2.75) is 0 Å². The number of hydrogen-bond acceptors (Lipinski definition) is 2. The van der Waals surface area contributed by atoms with Gasteiger partial charge in [-0.3, -0.25) is 0 Å². The molecule has 0 N–H and O–H groups in total. The van der Waals surface area contributed by atoms with Crippen molar-refractivity contribution in [1.82, 2.24) is 4.90 Å². The molecule has 0 aliphatic carbocycles. The highest BCUT2D eigenvalue weighted by Gasteiger charge is 2.08. The number of nitrogens with zero attached hydrogens (tertiary/aromatic N) is 1. The zero-order valence-corrected chi connectivity index (χ0v) is 12.0. The molecule has 0 saturated carbocycles. The van der Waals surface area contributed by atoms with Gasteiger partial charge in [-0.15, -0.1) is 0 Å². The molecule has 2 rings (SSSR count). The van der Waals surface area contributed by atoms with Crippen LogP contribution in [0.1, 0.15) is 0 Å². The lowest BCUT2D eigenvalue weighted by atomic mass is 10.0. The molecule has 0 aliphatic rings. The average molecular weight is 276 g/mol. The van der Waals surface area contributed by atoms with Crippen LogP contribution in [0.2, 0.25) is 5.02 Å². The third-order valence-corrected chi connectivity index (χ3v) is 3.18. The molecular formula is C16H18ClNO. The van der Waals surface area contributed by atoms with Crippen molar-refractivity contribution in [2.24, 2.45) is 0 Å². The van der Waals surface area contributed by atoms with Crippen molar-refractivity contribution in [3.63, 3.8) is 0 Å². The molecule has 0 atom stereocenters. The lowest BCUT2D eigenvalue weighted by molar-refractivity contribution is 0.262. The number of halogens is 1. The van der Waals surface area contributed by atoms with Gasteiger partial charge in [-0.2, -0.15) is 0 Å². The molecule has 0 unspecified atom stereocenters. The second-order valence-electron chi connectivity index (χ2n) is 4.63. The minimum Gasteiger partial charge on any atom is -0.492 e. The molecule has 0 aliphatic heterocycles. The summed E-state index contributed by atoms with van der Waals surface area (Å²) in [5, 5.41) is 0.742. The molecule has 2 aromatic rings. The van der Waals surface area contributed by atoms with Crippen LogP contribution in [0.3, 0.4) is 0 Å². The number of ether oxygens (including phenoxy) is 1. The Morgan fingerprint density at radius 2 is 1.58 bits per heavy atom. The van der Waals surface area contributed by atoms with Gasteiger partial charge in [0.2, 0.25) is 0 Å². The minimum atomic E-state index is 0.661. The second kappa shape index (κ2) is 6.60. The van der Waals surface area contributed by atoms with Crippen LogP contribution >= 0.6 is 11.6 Å². The van der Waals surface area contributed by atoms with Crippen LogP contribution in [-0.4, -0.2) is 32.1 Å². The number of para-hydroxylation sites is 1. The lowest BCUT2D eigenvalue weighted by Crippen LogP contribution is -2.19. The monoisotopic (exact) mass is 275 g/mol. The predicted octanol–water partition coefficient (Wildman–Crippen LogP) is 3.95. The van der Waals surface area contributed by atoms with Crippen LogP contribution in [-0.2, 0) is 0 Å². The van der Waals surface area contributed by atoms with Gasteiger partial charge in [0.15, 0.2) is 0 Å². The summed E-state index contributed by atoms with van der Waals surface area (Å²) in [6.45, 7) is 1.55. The molecule has 0 bridgehead atoms. The molecule has 0 spiro atoms. The Morgan fingerprint density at radius 3 is 2.26 bits per heavy atom. The third kappa shape index (κ3) is 3.72. The molecule has 0 heterocycles. The molecule has 19 heavy (non-hydrogen) atoms. The summed E-state index contributed by atoms with van der Waals surface area (Å²) in [4.78, 5) is 2.10. The molecular weight excluding hydrogens is 258 g/mol. The van der Waals surface area contributed by atoms with Crippen molar-refractivity contribution < 1.29 is 4.74 Å². The van der Waals surface area contributed by atoms with E-state index in [0.29, 0.717) is 6.61 Å². The topological polar surface area (TPSA) is 12.5 Å². The Balaban J connectivity index is 2.24. The number of hydrogen-bond donors (Lipinski definition) is 0. The molecule has 0 aromatic heterocycles. The van der Waals surface area contributed by atoms with Crippen LogP contribution in [0, 0.1) is 0 Å². The van der Waals surface area contributed by atoms with Gasteiger partial charge in [-0.05, 0) is 26.2 Å². The fourth-order valence-corrected chi connectivity index (χ4v) is 2.07. The number of likely N-dealkylation sites (N-methyl/N-ethyl adjacent to an activating group) is 1.